The third kappa shape index (κ3) is 5.83. The minimum absolute atomic E-state index is 0.0536. The van der Waals surface area contributed by atoms with Crippen LogP contribution in [0.4, 0.5) is 5.69 Å². The number of benzene rings is 2. The zero-order valence-electron chi connectivity index (χ0n) is 21.3. The number of carbonyl (C=O) groups excluding carboxylic acids is 1. The molecule has 0 aromatic heterocycles. The zero-order chi connectivity index (χ0) is 25.9. The van der Waals surface area contributed by atoms with Crippen molar-refractivity contribution in [1.29, 1.82) is 0 Å². The lowest BCUT2D eigenvalue weighted by Crippen LogP contribution is -2.41. The van der Waals surface area contributed by atoms with Crippen molar-refractivity contribution in [2.45, 2.75) is 44.9 Å². The van der Waals surface area contributed by atoms with Gasteiger partial charge in [-0.2, -0.15) is 12.7 Å². The lowest BCUT2D eigenvalue weighted by Gasteiger charge is -2.24. The first-order valence-electron chi connectivity index (χ1n) is 12.2. The van der Waals surface area contributed by atoms with E-state index in [1.54, 1.807) is 43.4 Å². The summed E-state index contributed by atoms with van der Waals surface area (Å²) in [7, 11) is -0.557. The second-order valence-corrected chi connectivity index (χ2v) is 11.1. The van der Waals surface area contributed by atoms with Crippen molar-refractivity contribution in [2.24, 2.45) is 0 Å². The molecule has 2 fully saturated rings. The fraction of sp³-hybridized carbons (Fsp3) is 0.500. The largest absolute Gasteiger partial charge is 0.486 e. The van der Waals surface area contributed by atoms with Crippen LogP contribution >= 0.6 is 0 Å². The summed E-state index contributed by atoms with van der Waals surface area (Å²) in [4.78, 5) is 15.0. The molecule has 0 radical (unpaired) electrons. The van der Waals surface area contributed by atoms with Crippen LogP contribution in [-0.2, 0) is 19.7 Å². The first kappa shape index (κ1) is 26.4. The van der Waals surface area contributed by atoms with E-state index in [0.29, 0.717) is 43.2 Å². The number of likely N-dealkylation sites (tertiary alicyclic amines) is 1. The molecule has 36 heavy (non-hydrogen) atoms. The van der Waals surface area contributed by atoms with E-state index in [4.69, 9.17) is 14.2 Å². The van der Waals surface area contributed by atoms with Crippen molar-refractivity contribution >= 4 is 21.8 Å². The van der Waals surface area contributed by atoms with Crippen molar-refractivity contribution in [2.75, 3.05) is 45.2 Å². The number of ether oxygens (including phenoxy) is 3. The molecule has 0 bridgehead atoms. The lowest BCUT2D eigenvalue weighted by molar-refractivity contribution is 0.0340. The lowest BCUT2D eigenvalue weighted by atomic mass is 10.0. The molecule has 196 valence electrons. The molecule has 2 aromatic rings. The number of hydrogen-bond acceptors (Lipinski definition) is 6. The highest BCUT2D eigenvalue weighted by molar-refractivity contribution is 7.90. The van der Waals surface area contributed by atoms with Gasteiger partial charge >= 0.3 is 10.2 Å². The quantitative estimate of drug-likeness (QED) is 0.549. The highest BCUT2D eigenvalue weighted by Crippen LogP contribution is 2.27. The van der Waals surface area contributed by atoms with E-state index < -0.39 is 10.2 Å². The second-order valence-electron chi connectivity index (χ2n) is 9.46. The highest BCUT2D eigenvalue weighted by Gasteiger charge is 2.38. The number of nitrogens with one attached hydrogen (secondary N) is 1. The number of rotatable bonds is 9. The summed E-state index contributed by atoms with van der Waals surface area (Å²) in [6, 6.07) is 12.5. The first-order chi connectivity index (χ1) is 17.2. The summed E-state index contributed by atoms with van der Waals surface area (Å²) in [6.45, 7) is 5.50. The Labute approximate surface area is 213 Å². The summed E-state index contributed by atoms with van der Waals surface area (Å²) < 4.78 is 47.1. The van der Waals surface area contributed by atoms with Crippen LogP contribution in [0.25, 0.3) is 0 Å². The topological polar surface area (TPSA) is 97.4 Å². The van der Waals surface area contributed by atoms with Gasteiger partial charge in [0.25, 0.3) is 5.91 Å². The van der Waals surface area contributed by atoms with Crippen LogP contribution in [0.3, 0.4) is 0 Å². The molecule has 2 saturated heterocycles. The van der Waals surface area contributed by atoms with E-state index in [2.05, 4.69) is 4.72 Å². The average Bonchev–Trinajstić information content (AvgIpc) is 3.48. The SMILES string of the molecule is COCC1CCCN1S(=O)(=O)Nc1cccc(OC2CN(C(=O)c3cc(C)ccc3C)CC2OC)c1. The maximum Gasteiger partial charge on any atom is 0.301 e. The molecule has 3 atom stereocenters. The molecule has 2 aromatic carbocycles. The van der Waals surface area contributed by atoms with Crippen LogP contribution < -0.4 is 9.46 Å². The van der Waals surface area contributed by atoms with E-state index in [0.717, 1.165) is 24.0 Å². The summed E-state index contributed by atoms with van der Waals surface area (Å²) in [5.41, 5.74) is 3.04. The van der Waals surface area contributed by atoms with Gasteiger partial charge in [0.15, 0.2) is 0 Å². The van der Waals surface area contributed by atoms with Crippen LogP contribution in [0.5, 0.6) is 5.75 Å². The number of aryl methyl sites for hydroxylation is 2. The summed E-state index contributed by atoms with van der Waals surface area (Å²) >= 11 is 0. The molecule has 2 aliphatic rings. The number of methoxy groups -OCH3 is 2. The molecular formula is C26H35N3O6S. The summed E-state index contributed by atoms with van der Waals surface area (Å²) in [5, 5.41) is 0. The Balaban J connectivity index is 1.45. The molecule has 3 unspecified atom stereocenters. The predicted octanol–water partition coefficient (Wildman–Crippen LogP) is 2.99. The van der Waals surface area contributed by atoms with Crippen LogP contribution in [0.2, 0.25) is 0 Å². The zero-order valence-corrected chi connectivity index (χ0v) is 22.1. The molecule has 2 aliphatic heterocycles. The number of amides is 1. The monoisotopic (exact) mass is 517 g/mol. The van der Waals surface area contributed by atoms with Gasteiger partial charge in [-0.25, -0.2) is 0 Å². The van der Waals surface area contributed by atoms with Gasteiger partial charge in [0.05, 0.1) is 25.4 Å². The van der Waals surface area contributed by atoms with E-state index in [1.807, 2.05) is 32.0 Å². The van der Waals surface area contributed by atoms with E-state index in [-0.39, 0.29) is 24.2 Å². The van der Waals surface area contributed by atoms with Gasteiger partial charge in [0, 0.05) is 38.4 Å². The van der Waals surface area contributed by atoms with Crippen LogP contribution in [0.1, 0.15) is 34.3 Å². The van der Waals surface area contributed by atoms with E-state index >= 15 is 0 Å². The van der Waals surface area contributed by atoms with Gasteiger partial charge in [-0.1, -0.05) is 23.8 Å². The molecule has 1 amide bonds. The van der Waals surface area contributed by atoms with Crippen molar-refractivity contribution in [3.63, 3.8) is 0 Å². The molecule has 10 heteroatoms. The maximum absolute atomic E-state index is 13.2. The molecule has 9 nitrogen and oxygen atoms in total. The van der Waals surface area contributed by atoms with Crippen molar-refractivity contribution in [3.8, 4) is 5.75 Å². The van der Waals surface area contributed by atoms with Gasteiger partial charge in [-0.05, 0) is 50.5 Å². The van der Waals surface area contributed by atoms with Gasteiger partial charge in [0.2, 0.25) is 0 Å². The Kier molecular flexibility index (Phi) is 8.19. The standard InChI is InChI=1S/C26H35N3O6S/c1-18-10-11-19(2)23(13-18)26(30)28-15-24(34-4)25(16-28)35-22-9-5-7-20(14-22)27-36(31,32)29-12-6-8-21(29)17-33-3/h5,7,9-11,13-14,21,24-25,27H,6,8,12,15-17H2,1-4H3. The first-order valence-corrected chi connectivity index (χ1v) is 13.6. The van der Waals surface area contributed by atoms with Gasteiger partial charge in [-0.15, -0.1) is 0 Å². The van der Waals surface area contributed by atoms with Crippen LogP contribution in [0, 0.1) is 13.8 Å². The molecular weight excluding hydrogens is 482 g/mol. The van der Waals surface area contributed by atoms with Crippen LogP contribution in [0.15, 0.2) is 42.5 Å². The summed E-state index contributed by atoms with van der Waals surface area (Å²) in [6.07, 6.45) is 0.879. The average molecular weight is 518 g/mol. The third-order valence-electron chi connectivity index (χ3n) is 6.79. The summed E-state index contributed by atoms with van der Waals surface area (Å²) in [5.74, 6) is 0.445. The highest BCUT2D eigenvalue weighted by atomic mass is 32.2. The van der Waals surface area contributed by atoms with Crippen molar-refractivity contribution < 1.29 is 27.4 Å². The van der Waals surface area contributed by atoms with Crippen molar-refractivity contribution in [1.82, 2.24) is 9.21 Å². The fourth-order valence-corrected chi connectivity index (χ4v) is 6.36. The normalized spacial score (nSPS) is 22.7. The number of nitrogens with zero attached hydrogens (tertiary/aromatic N) is 2. The second kappa shape index (κ2) is 11.2. The smallest absolute Gasteiger partial charge is 0.301 e. The minimum atomic E-state index is -3.73. The molecule has 2 heterocycles. The molecule has 0 saturated carbocycles. The Morgan fingerprint density at radius 1 is 1.08 bits per heavy atom. The van der Waals surface area contributed by atoms with Crippen molar-refractivity contribution in [3.05, 3.63) is 59.2 Å². The van der Waals surface area contributed by atoms with E-state index in [9.17, 15) is 13.2 Å². The third-order valence-corrected chi connectivity index (χ3v) is 8.38. The maximum atomic E-state index is 13.2. The van der Waals surface area contributed by atoms with Gasteiger partial charge in [-0.3, -0.25) is 9.52 Å². The van der Waals surface area contributed by atoms with Crippen LogP contribution in [-0.4, -0.2) is 82.2 Å². The Bertz CT molecular complexity index is 1190. The number of hydrogen-bond donors (Lipinski definition) is 1. The Morgan fingerprint density at radius 2 is 1.86 bits per heavy atom. The Hall–Kier alpha value is -2.66. The molecule has 0 spiro atoms. The number of carbonyl (C=O) groups is 1. The molecule has 0 aliphatic carbocycles. The van der Waals surface area contributed by atoms with Gasteiger partial charge < -0.3 is 19.1 Å². The molecule has 1 N–H and O–H groups in total. The number of anilines is 1. The Morgan fingerprint density at radius 3 is 2.61 bits per heavy atom. The predicted molar refractivity (Wildman–Crippen MR) is 138 cm³/mol. The van der Waals surface area contributed by atoms with E-state index in [1.165, 1.54) is 4.31 Å². The van der Waals surface area contributed by atoms with Gasteiger partial charge in [0.1, 0.15) is 18.0 Å². The fourth-order valence-electron chi connectivity index (χ4n) is 4.89. The minimum Gasteiger partial charge on any atom is -0.486 e. The molecule has 4 rings (SSSR count).